The monoisotopic (exact) mass is 400 g/mol. The molecule has 4 aromatic carbocycles. The third-order valence-electron chi connectivity index (χ3n) is 4.61. The molecule has 0 atom stereocenters. The molecule has 0 spiro atoms. The van der Waals surface area contributed by atoms with Crippen LogP contribution in [0.4, 0.5) is 0 Å². The molecule has 0 saturated carbocycles. The molecule has 0 heteroatoms. The zero-order valence-electron chi connectivity index (χ0n) is 20.3. The molecule has 0 fully saturated rings. The van der Waals surface area contributed by atoms with Crippen LogP contribution in [-0.4, -0.2) is 0 Å². The molecule has 0 nitrogen and oxygen atoms in total. The van der Waals surface area contributed by atoms with Crippen LogP contribution in [0.3, 0.4) is 0 Å². The van der Waals surface area contributed by atoms with Gasteiger partial charge in [0.15, 0.2) is 0 Å². The largest absolute Gasteiger partial charge is 0.0683 e. The fraction of sp³-hybridized carbons (Fsp3) is 0.333. The maximum absolute atomic E-state index is 2.25. The average molecular weight is 401 g/mol. The third kappa shape index (κ3) is 7.34. The average Bonchev–Trinajstić information content (AvgIpc) is 2.76. The van der Waals surface area contributed by atoms with Gasteiger partial charge in [-0.2, -0.15) is 0 Å². The molecule has 0 bridgehead atoms. The fourth-order valence-corrected chi connectivity index (χ4v) is 3.37. The van der Waals surface area contributed by atoms with Crippen molar-refractivity contribution in [2.75, 3.05) is 0 Å². The van der Waals surface area contributed by atoms with E-state index in [-0.39, 0.29) is 5.41 Å². The van der Waals surface area contributed by atoms with Crippen LogP contribution >= 0.6 is 0 Å². The lowest BCUT2D eigenvalue weighted by Gasteiger charge is -2.21. The van der Waals surface area contributed by atoms with Crippen molar-refractivity contribution < 1.29 is 0 Å². The lowest BCUT2D eigenvalue weighted by atomic mass is 9.84. The standard InChI is InChI=1S/C14H10.C11H16.C3H8.C2H6/c1-3-7-13-11(5-1)9-10-12-6-2-4-8-14(12)13;1-9-7-5-6-8-10(9)11(2,3)4;1-3-2;1-2/h1-10H;5-8H,1-4H3;3H2,1-2H3;1-2H3. The Labute approximate surface area is 185 Å². The summed E-state index contributed by atoms with van der Waals surface area (Å²) in [5, 5.41) is 5.30. The molecule has 0 aliphatic carbocycles. The number of hydrogen-bond acceptors (Lipinski definition) is 0. The molecular formula is C30H40. The first-order valence-corrected chi connectivity index (χ1v) is 11.3. The van der Waals surface area contributed by atoms with Gasteiger partial charge in [-0.1, -0.05) is 140 Å². The molecule has 0 aliphatic rings. The van der Waals surface area contributed by atoms with Crippen LogP contribution in [-0.2, 0) is 5.41 Å². The normalized spacial score (nSPS) is 10.1. The van der Waals surface area contributed by atoms with Gasteiger partial charge in [0.1, 0.15) is 0 Å². The van der Waals surface area contributed by atoms with Crippen molar-refractivity contribution in [3.8, 4) is 0 Å². The number of hydrogen-bond donors (Lipinski definition) is 0. The summed E-state index contributed by atoms with van der Waals surface area (Å²) < 4.78 is 0. The summed E-state index contributed by atoms with van der Waals surface area (Å²) in [6.45, 7) is 17.2. The molecule has 160 valence electrons. The minimum atomic E-state index is 0.283. The molecule has 0 amide bonds. The Balaban J connectivity index is 0.000000253. The molecule has 0 heterocycles. The van der Waals surface area contributed by atoms with Crippen molar-refractivity contribution in [2.45, 2.75) is 67.2 Å². The first kappa shape index (κ1) is 25.4. The van der Waals surface area contributed by atoms with Crippen molar-refractivity contribution in [1.82, 2.24) is 0 Å². The van der Waals surface area contributed by atoms with Gasteiger partial charge in [-0.25, -0.2) is 0 Å². The molecule has 0 radical (unpaired) electrons. The van der Waals surface area contributed by atoms with Crippen LogP contribution in [0.2, 0.25) is 0 Å². The molecule has 4 rings (SSSR count). The van der Waals surface area contributed by atoms with E-state index in [4.69, 9.17) is 0 Å². The molecule has 0 saturated heterocycles. The van der Waals surface area contributed by atoms with E-state index in [9.17, 15) is 0 Å². The predicted octanol–water partition coefficient (Wildman–Crippen LogP) is 9.73. The summed E-state index contributed by atoms with van der Waals surface area (Å²) >= 11 is 0. The highest BCUT2D eigenvalue weighted by Crippen LogP contribution is 2.25. The Morgan fingerprint density at radius 1 is 0.567 bits per heavy atom. The zero-order chi connectivity index (χ0) is 22.6. The Morgan fingerprint density at radius 2 is 0.933 bits per heavy atom. The van der Waals surface area contributed by atoms with E-state index >= 15 is 0 Å². The molecule has 30 heavy (non-hydrogen) atoms. The lowest BCUT2D eigenvalue weighted by Crippen LogP contribution is -2.12. The summed E-state index contributed by atoms with van der Waals surface area (Å²) in [6.07, 6.45) is 1.25. The maximum Gasteiger partial charge on any atom is -0.0105 e. The number of benzene rings is 4. The van der Waals surface area contributed by atoms with Gasteiger partial charge in [0.2, 0.25) is 0 Å². The Kier molecular flexibility index (Phi) is 10.9. The van der Waals surface area contributed by atoms with Crippen molar-refractivity contribution >= 4 is 21.5 Å². The van der Waals surface area contributed by atoms with Crippen molar-refractivity contribution in [3.63, 3.8) is 0 Å². The van der Waals surface area contributed by atoms with Crippen LogP contribution in [0.25, 0.3) is 21.5 Å². The smallest absolute Gasteiger partial charge is 0.0105 e. The summed E-state index contributed by atoms with van der Waals surface area (Å²) in [7, 11) is 0. The van der Waals surface area contributed by atoms with Crippen molar-refractivity contribution in [3.05, 3.63) is 96.1 Å². The van der Waals surface area contributed by atoms with Gasteiger partial charge in [-0.3, -0.25) is 0 Å². The van der Waals surface area contributed by atoms with E-state index in [0.29, 0.717) is 0 Å². The van der Waals surface area contributed by atoms with E-state index in [0.717, 1.165) is 0 Å². The Bertz CT molecular complexity index is 948. The van der Waals surface area contributed by atoms with E-state index in [1.807, 2.05) is 13.8 Å². The highest BCUT2D eigenvalue weighted by molar-refractivity contribution is 6.07. The van der Waals surface area contributed by atoms with E-state index < -0.39 is 0 Å². The van der Waals surface area contributed by atoms with Crippen LogP contribution in [0.1, 0.15) is 66.0 Å². The number of rotatable bonds is 0. The van der Waals surface area contributed by atoms with Crippen LogP contribution in [0.15, 0.2) is 84.9 Å². The molecule has 0 unspecified atom stereocenters. The Hall–Kier alpha value is -2.60. The van der Waals surface area contributed by atoms with Crippen LogP contribution < -0.4 is 0 Å². The minimum Gasteiger partial charge on any atom is -0.0683 e. The summed E-state index contributed by atoms with van der Waals surface area (Å²) in [6, 6.07) is 29.9. The quantitative estimate of drug-likeness (QED) is 0.258. The van der Waals surface area contributed by atoms with Crippen LogP contribution in [0.5, 0.6) is 0 Å². The van der Waals surface area contributed by atoms with Crippen molar-refractivity contribution in [1.29, 1.82) is 0 Å². The molecule has 0 aromatic heterocycles. The van der Waals surface area contributed by atoms with E-state index in [1.54, 1.807) is 0 Å². The molecule has 0 aliphatic heterocycles. The second-order valence-corrected chi connectivity index (χ2v) is 8.28. The third-order valence-corrected chi connectivity index (χ3v) is 4.61. The highest BCUT2D eigenvalue weighted by atomic mass is 14.2. The topological polar surface area (TPSA) is 0 Å². The van der Waals surface area contributed by atoms with E-state index in [1.165, 1.54) is 39.1 Å². The lowest BCUT2D eigenvalue weighted by molar-refractivity contribution is 0.586. The summed E-state index contributed by atoms with van der Waals surface area (Å²) in [4.78, 5) is 0. The van der Waals surface area contributed by atoms with Crippen LogP contribution in [0, 0.1) is 6.92 Å². The van der Waals surface area contributed by atoms with E-state index in [2.05, 4.69) is 126 Å². The highest BCUT2D eigenvalue weighted by Gasteiger charge is 2.14. The molecular weight excluding hydrogens is 360 g/mol. The second-order valence-electron chi connectivity index (χ2n) is 8.28. The van der Waals surface area contributed by atoms with Gasteiger partial charge in [0.25, 0.3) is 0 Å². The SMILES string of the molecule is CC.CCC.Cc1ccccc1C(C)(C)C.c1ccc2c(c1)ccc1ccccc12. The number of fused-ring (bicyclic) bond motifs is 3. The fourth-order valence-electron chi connectivity index (χ4n) is 3.37. The maximum atomic E-state index is 2.25. The zero-order valence-corrected chi connectivity index (χ0v) is 20.3. The van der Waals surface area contributed by atoms with Gasteiger partial charge in [0.05, 0.1) is 0 Å². The summed E-state index contributed by atoms with van der Waals surface area (Å²) in [5.41, 5.74) is 3.12. The summed E-state index contributed by atoms with van der Waals surface area (Å²) in [5.74, 6) is 0. The Morgan fingerprint density at radius 3 is 1.30 bits per heavy atom. The molecule has 0 N–H and O–H groups in total. The number of aryl methyl sites for hydroxylation is 1. The minimum absolute atomic E-state index is 0.283. The van der Waals surface area contributed by atoms with Crippen molar-refractivity contribution in [2.24, 2.45) is 0 Å². The predicted molar refractivity (Wildman–Crippen MR) is 139 cm³/mol. The van der Waals surface area contributed by atoms with Gasteiger partial charge in [-0.15, -0.1) is 0 Å². The molecule has 4 aromatic rings. The van der Waals surface area contributed by atoms with Gasteiger partial charge < -0.3 is 0 Å². The first-order chi connectivity index (χ1) is 14.4. The first-order valence-electron chi connectivity index (χ1n) is 11.3. The second kappa shape index (κ2) is 12.9. The van der Waals surface area contributed by atoms with Gasteiger partial charge in [-0.05, 0) is 45.0 Å². The van der Waals surface area contributed by atoms with Gasteiger partial charge in [0, 0.05) is 0 Å². The van der Waals surface area contributed by atoms with Gasteiger partial charge >= 0.3 is 0 Å².